The number of aryl methyl sites for hydroxylation is 1. The Labute approximate surface area is 114 Å². The molecule has 1 saturated heterocycles. The largest absolute Gasteiger partial charge is 0.394 e. The van der Waals surface area contributed by atoms with E-state index >= 15 is 0 Å². The molecule has 106 valence electrons. The van der Waals surface area contributed by atoms with Gasteiger partial charge in [-0.25, -0.2) is 0 Å². The van der Waals surface area contributed by atoms with E-state index in [4.69, 9.17) is 22.1 Å². The first kappa shape index (κ1) is 14.4. The number of aliphatic hydroxyl groups is 3. The average Bonchev–Trinajstić information content (AvgIpc) is 2.67. The van der Waals surface area contributed by atoms with Gasteiger partial charge in [0, 0.05) is 11.8 Å². The van der Waals surface area contributed by atoms with Gasteiger partial charge in [-0.05, 0) is 18.6 Å². The quantitative estimate of drug-likeness (QED) is 0.536. The summed E-state index contributed by atoms with van der Waals surface area (Å²) in [6, 6.07) is 0. The number of hydrogen-bond acceptors (Lipinski definition) is 6. The van der Waals surface area contributed by atoms with Crippen LogP contribution in [0.25, 0.3) is 0 Å². The van der Waals surface area contributed by atoms with E-state index in [1.807, 2.05) is 6.92 Å². The summed E-state index contributed by atoms with van der Waals surface area (Å²) >= 11 is 5.02. The number of aliphatic hydroxyl groups excluding tert-OH is 3. The maximum absolute atomic E-state index is 11.6. The molecular weight excluding hydrogens is 272 g/mol. The van der Waals surface area contributed by atoms with Gasteiger partial charge in [-0.1, -0.05) is 6.92 Å². The Morgan fingerprint density at radius 1 is 1.47 bits per heavy atom. The lowest BCUT2D eigenvalue weighted by atomic mass is 10.1. The number of nitrogens with zero attached hydrogens (tertiary/aromatic N) is 1. The lowest BCUT2D eigenvalue weighted by Gasteiger charge is -2.19. The van der Waals surface area contributed by atoms with Gasteiger partial charge in [0.25, 0.3) is 5.56 Å². The van der Waals surface area contributed by atoms with Crippen LogP contribution in [0.1, 0.15) is 18.7 Å². The highest BCUT2D eigenvalue weighted by Gasteiger charge is 2.43. The predicted molar refractivity (Wildman–Crippen MR) is 68.3 cm³/mol. The number of ether oxygens (including phenoxy) is 1. The minimum Gasteiger partial charge on any atom is -0.394 e. The summed E-state index contributed by atoms with van der Waals surface area (Å²) in [5.74, 6) is 0. The van der Waals surface area contributed by atoms with Crippen molar-refractivity contribution in [3.05, 3.63) is 26.9 Å². The van der Waals surface area contributed by atoms with Crippen molar-refractivity contribution in [2.24, 2.45) is 0 Å². The van der Waals surface area contributed by atoms with Crippen molar-refractivity contribution in [3.8, 4) is 0 Å². The standard InChI is InChI=1S/C11H16N2O5S/c1-2-5-3-13(11(19)12-9(5)17)10-8(16)7(15)6(4-14)18-10/h3,6-8,10,14-16H,2,4H2,1H3,(H,12,17,19)/t6-,7-,8-,10-/m1/s1. The molecule has 0 unspecified atom stereocenters. The first-order chi connectivity index (χ1) is 8.99. The van der Waals surface area contributed by atoms with Crippen molar-refractivity contribution in [1.29, 1.82) is 0 Å². The van der Waals surface area contributed by atoms with Gasteiger partial charge in [0.05, 0.1) is 6.61 Å². The van der Waals surface area contributed by atoms with Crippen molar-refractivity contribution in [3.63, 3.8) is 0 Å². The second-order valence-corrected chi connectivity index (χ2v) is 4.79. The zero-order chi connectivity index (χ0) is 14.2. The van der Waals surface area contributed by atoms with Crippen LogP contribution in [0, 0.1) is 4.77 Å². The second-order valence-electron chi connectivity index (χ2n) is 4.40. The fourth-order valence-electron chi connectivity index (χ4n) is 2.08. The molecule has 8 heteroatoms. The molecule has 0 spiro atoms. The van der Waals surface area contributed by atoms with E-state index in [1.165, 1.54) is 10.8 Å². The van der Waals surface area contributed by atoms with Gasteiger partial charge in [0.2, 0.25) is 0 Å². The fraction of sp³-hybridized carbons (Fsp3) is 0.636. The number of H-pyrrole nitrogens is 1. The number of hydrogen-bond donors (Lipinski definition) is 4. The monoisotopic (exact) mass is 288 g/mol. The van der Waals surface area contributed by atoms with Crippen LogP contribution in [-0.2, 0) is 11.2 Å². The van der Waals surface area contributed by atoms with Crippen molar-refractivity contribution in [1.82, 2.24) is 9.55 Å². The van der Waals surface area contributed by atoms with E-state index < -0.39 is 31.1 Å². The van der Waals surface area contributed by atoms with Crippen molar-refractivity contribution >= 4 is 12.2 Å². The van der Waals surface area contributed by atoms with E-state index in [0.717, 1.165) is 0 Å². The second kappa shape index (κ2) is 5.51. The zero-order valence-electron chi connectivity index (χ0n) is 10.3. The molecule has 4 atom stereocenters. The zero-order valence-corrected chi connectivity index (χ0v) is 11.1. The van der Waals surface area contributed by atoms with Gasteiger partial charge in [-0.15, -0.1) is 0 Å². The van der Waals surface area contributed by atoms with Gasteiger partial charge in [-0.2, -0.15) is 0 Å². The minimum absolute atomic E-state index is 0.0945. The Hall–Kier alpha value is -1.06. The number of rotatable bonds is 3. The third kappa shape index (κ3) is 2.49. The Bertz CT molecular complexity index is 569. The molecule has 0 aromatic carbocycles. The van der Waals surface area contributed by atoms with Crippen molar-refractivity contribution in [2.45, 2.75) is 37.9 Å². The molecule has 1 aromatic rings. The molecule has 2 heterocycles. The summed E-state index contributed by atoms with van der Waals surface area (Å²) in [5.41, 5.74) is 0.210. The third-order valence-corrected chi connectivity index (χ3v) is 3.53. The van der Waals surface area contributed by atoms with Crippen LogP contribution < -0.4 is 5.56 Å². The fourth-order valence-corrected chi connectivity index (χ4v) is 2.33. The van der Waals surface area contributed by atoms with Gasteiger partial charge < -0.3 is 20.1 Å². The summed E-state index contributed by atoms with van der Waals surface area (Å²) in [6.07, 6.45) is -2.23. The highest BCUT2D eigenvalue weighted by atomic mass is 32.1. The van der Waals surface area contributed by atoms with Crippen LogP contribution >= 0.6 is 12.2 Å². The number of aromatic nitrogens is 2. The molecule has 1 fully saturated rings. The highest BCUT2D eigenvalue weighted by molar-refractivity contribution is 7.71. The Kier molecular flexibility index (Phi) is 4.16. The molecule has 2 rings (SSSR count). The molecule has 0 aliphatic carbocycles. The number of nitrogens with one attached hydrogen (secondary N) is 1. The highest BCUT2D eigenvalue weighted by Crippen LogP contribution is 2.29. The normalized spacial score (nSPS) is 30.7. The Morgan fingerprint density at radius 2 is 2.16 bits per heavy atom. The third-order valence-electron chi connectivity index (χ3n) is 3.21. The molecular formula is C11H16N2O5S. The molecule has 7 nitrogen and oxygen atoms in total. The average molecular weight is 288 g/mol. The lowest BCUT2D eigenvalue weighted by Crippen LogP contribution is -2.33. The van der Waals surface area contributed by atoms with Gasteiger partial charge in [-0.3, -0.25) is 14.3 Å². The molecule has 1 aromatic heterocycles. The molecule has 0 amide bonds. The maximum atomic E-state index is 11.6. The minimum atomic E-state index is -1.22. The topological polar surface area (TPSA) is 108 Å². The Morgan fingerprint density at radius 3 is 2.68 bits per heavy atom. The van der Waals surface area contributed by atoms with Crippen LogP contribution in [0.4, 0.5) is 0 Å². The first-order valence-corrected chi connectivity index (χ1v) is 6.37. The van der Waals surface area contributed by atoms with E-state index in [0.29, 0.717) is 12.0 Å². The molecule has 0 bridgehead atoms. The summed E-state index contributed by atoms with van der Waals surface area (Å²) in [6.45, 7) is 1.40. The van der Waals surface area contributed by atoms with Gasteiger partial charge in [0.1, 0.15) is 18.3 Å². The Balaban J connectivity index is 2.43. The molecule has 0 radical (unpaired) electrons. The van der Waals surface area contributed by atoms with Gasteiger partial charge in [0.15, 0.2) is 11.0 Å². The SMILES string of the molecule is CCc1cn([C@@H]2O[C@H](CO)[C@@H](O)[C@H]2O)c(=S)[nH]c1=O. The van der Waals surface area contributed by atoms with Crippen LogP contribution in [0.5, 0.6) is 0 Å². The first-order valence-electron chi connectivity index (χ1n) is 5.96. The summed E-state index contributed by atoms with van der Waals surface area (Å²) < 4.78 is 6.85. The van der Waals surface area contributed by atoms with Crippen LogP contribution in [-0.4, -0.2) is 49.8 Å². The summed E-state index contributed by atoms with van der Waals surface area (Å²) in [4.78, 5) is 14.1. The van der Waals surface area contributed by atoms with E-state index in [-0.39, 0.29) is 10.3 Å². The smallest absolute Gasteiger partial charge is 0.254 e. The molecule has 0 saturated carbocycles. The molecule has 4 N–H and O–H groups in total. The van der Waals surface area contributed by atoms with Crippen LogP contribution in [0.2, 0.25) is 0 Å². The summed E-state index contributed by atoms with van der Waals surface area (Å²) in [5, 5.41) is 28.7. The predicted octanol–water partition coefficient (Wildman–Crippen LogP) is -0.920. The van der Waals surface area contributed by atoms with Gasteiger partial charge >= 0.3 is 0 Å². The summed E-state index contributed by atoms with van der Waals surface area (Å²) in [7, 11) is 0. The maximum Gasteiger partial charge on any atom is 0.254 e. The molecule has 19 heavy (non-hydrogen) atoms. The van der Waals surface area contributed by atoms with E-state index in [1.54, 1.807) is 0 Å². The van der Waals surface area contributed by atoms with Crippen LogP contribution in [0.15, 0.2) is 11.0 Å². The lowest BCUT2D eigenvalue weighted by molar-refractivity contribution is -0.0542. The number of aromatic amines is 1. The van der Waals surface area contributed by atoms with Crippen molar-refractivity contribution in [2.75, 3.05) is 6.61 Å². The van der Waals surface area contributed by atoms with Crippen LogP contribution in [0.3, 0.4) is 0 Å². The van der Waals surface area contributed by atoms with Crippen molar-refractivity contribution < 1.29 is 20.1 Å². The van der Waals surface area contributed by atoms with E-state index in [2.05, 4.69) is 4.98 Å². The van der Waals surface area contributed by atoms with E-state index in [9.17, 15) is 15.0 Å². The molecule has 1 aliphatic rings. The molecule has 1 aliphatic heterocycles.